The molecule has 117 heavy (non-hydrogen) atoms. The van der Waals surface area contributed by atoms with E-state index in [4.69, 9.17) is 11.5 Å². The standard InChI is InChI=1S/C80H102N18O17S2/c1-42(2)26-56(81)70(104)98-68(45(6)100)79(113)94-61(28-46-12-8-7-9-13-46)75(109)97-65-39-116-37-51-20-18-48(32-84-51)49-19-21-52(85-33-49)38-117-40-66(78(112)95-64(36-99)80(114)115)96-73(107)59(27-43(3)4)90-71(105)58(24-25-67(82)102)89-69(103)44(5)88-72(106)62(30-50-34-86-57-15-11-10-14-55(50)57)92-74(108)60(29-47-16-22-54(101)23-17-47)91-76(110)63(93-77(65)111)31-53-35-83-41-87-53/h7-23,32-35,41-45,56,58-66,68,86,99-101H,24-31,36-40,81H2,1-6H3,(H2,82,102)(H,83,87)(H,88,106)(H,89,103)(H,90,105)(H,91,110)(H,92,108)(H,93,111)(H,94,113)(H,95,112)(H,96,107)(H,97,109)(H,98,104)(H,114,115)/t44-,45+,56-,58-,59-,60-,61-,62-,63-,64-,65+,66-,68-/m0/s1. The number of carboxylic acids is 1. The number of nitrogens with two attached hydrogens (primary N) is 2. The van der Waals surface area contributed by atoms with Gasteiger partial charge in [0.15, 0.2) is 0 Å². The van der Waals surface area contributed by atoms with E-state index in [9.17, 15) is 58.8 Å². The fourth-order valence-corrected chi connectivity index (χ4v) is 14.5. The van der Waals surface area contributed by atoms with Crippen molar-refractivity contribution in [1.82, 2.24) is 83.4 Å². The number of aromatic amines is 2. The van der Waals surface area contributed by atoms with Crippen LogP contribution in [0, 0.1) is 11.8 Å². The van der Waals surface area contributed by atoms with Crippen LogP contribution in [0.1, 0.15) is 101 Å². The molecule has 0 saturated heterocycles. The zero-order chi connectivity index (χ0) is 85.0. The zero-order valence-corrected chi connectivity index (χ0v) is 67.1. The number of carbonyl (C=O) groups is 13. The minimum absolute atomic E-state index is 0.00888. The summed E-state index contributed by atoms with van der Waals surface area (Å²) in [5, 5.41) is 70.5. The Balaban J connectivity index is 1.19. The van der Waals surface area contributed by atoms with Crippen molar-refractivity contribution in [3.8, 4) is 16.9 Å². The molecule has 37 heteroatoms. The van der Waals surface area contributed by atoms with E-state index in [2.05, 4.69) is 83.4 Å². The van der Waals surface area contributed by atoms with Crippen molar-refractivity contribution >= 4 is 111 Å². The largest absolute Gasteiger partial charge is 0.508 e. The molecule has 0 radical (unpaired) electrons. The van der Waals surface area contributed by atoms with E-state index in [1.165, 1.54) is 50.6 Å². The number of aliphatic hydroxyl groups excluding tert-OH is 2. The lowest BCUT2D eigenvalue weighted by molar-refractivity contribution is -0.143. The molecule has 12 amide bonds. The van der Waals surface area contributed by atoms with Crippen LogP contribution in [0.4, 0.5) is 0 Å². The number of para-hydroxylation sites is 1. The number of hydrogen-bond donors (Lipinski definition) is 19. The van der Waals surface area contributed by atoms with Crippen LogP contribution >= 0.6 is 23.5 Å². The number of H-pyrrole nitrogens is 2. The molecule has 10 rings (SSSR count). The van der Waals surface area contributed by atoms with Crippen LogP contribution in [0.2, 0.25) is 0 Å². The SMILES string of the molecule is CC(C)C[C@@H]1NC(=O)[C@H](CCC(N)=O)NC(=O)[C@H](C)NC(=O)[C@H](Cc2c[nH]c3ccccc23)NC(=O)[C@H](Cc2ccc(O)cc2)NC(=O)[C@H](Cc2c[nH]cn2)NC(=O)[C@H](NC(=O)[C@H](Cc2ccccc2)NC(=O)[C@@H](NC(=O)[C@@H](N)CC(C)C)[C@@H](C)O)CSCc2ccc(cn2)-c2ccc(nc2)CSC[C@@H](C(=O)N[C@@H](CO)C(=O)O)NC1=O. The number of aromatic hydroxyl groups is 1. The maximum atomic E-state index is 15.4. The van der Waals surface area contributed by atoms with Crippen LogP contribution in [0.25, 0.3) is 22.0 Å². The highest BCUT2D eigenvalue weighted by Gasteiger charge is 2.38. The van der Waals surface area contributed by atoms with Gasteiger partial charge in [-0.1, -0.05) is 100 Å². The first kappa shape index (κ1) is 90.7. The normalized spacial score (nSPS) is 20.7. The van der Waals surface area contributed by atoms with Gasteiger partial charge in [0.25, 0.3) is 0 Å². The first-order chi connectivity index (χ1) is 55.8. The quantitative estimate of drug-likeness (QED) is 0.0339. The summed E-state index contributed by atoms with van der Waals surface area (Å²) in [6, 6.07) is 9.73. The number of primary amides is 1. The van der Waals surface area contributed by atoms with Crippen molar-refractivity contribution in [3.05, 3.63) is 168 Å². The Bertz CT molecular complexity index is 4560. The summed E-state index contributed by atoms with van der Waals surface area (Å²) in [6.45, 7) is 8.71. The number of amides is 12. The third-order valence-electron chi connectivity index (χ3n) is 18.9. The fourth-order valence-electron chi connectivity index (χ4n) is 12.5. The van der Waals surface area contributed by atoms with Crippen molar-refractivity contribution in [3.63, 3.8) is 0 Å². The number of nitrogens with zero attached hydrogens (tertiary/aromatic N) is 3. The molecule has 4 aromatic heterocycles. The first-order valence-electron chi connectivity index (χ1n) is 38.1. The molecule has 3 aliphatic heterocycles. The lowest BCUT2D eigenvalue weighted by atomic mass is 10.0. The number of carboxylic acid groups (broad SMARTS) is 1. The Morgan fingerprint density at radius 1 is 0.581 bits per heavy atom. The van der Waals surface area contributed by atoms with Gasteiger partial charge in [-0.3, -0.25) is 67.5 Å². The number of hydrogen-bond acceptors (Lipinski definition) is 22. The molecule has 35 nitrogen and oxygen atoms in total. The summed E-state index contributed by atoms with van der Waals surface area (Å²) in [5.41, 5.74) is 16.3. The average Bonchev–Trinajstić information content (AvgIpc) is 1.73. The molecule has 4 bridgehead atoms. The second-order valence-corrected chi connectivity index (χ2v) is 31.5. The van der Waals surface area contributed by atoms with Gasteiger partial charge >= 0.3 is 5.97 Å². The van der Waals surface area contributed by atoms with Crippen LogP contribution in [0.5, 0.6) is 5.75 Å². The molecule has 0 saturated carbocycles. The van der Waals surface area contributed by atoms with Crippen molar-refractivity contribution in [1.29, 1.82) is 0 Å². The first-order valence-corrected chi connectivity index (χ1v) is 40.4. The van der Waals surface area contributed by atoms with Gasteiger partial charge in [-0.2, -0.15) is 23.5 Å². The third kappa shape index (κ3) is 28.3. The summed E-state index contributed by atoms with van der Waals surface area (Å²) in [5.74, 6) is -13.5. The van der Waals surface area contributed by atoms with E-state index in [0.717, 1.165) is 23.5 Å². The number of pyridine rings is 2. The Morgan fingerprint density at radius 3 is 1.75 bits per heavy atom. The summed E-state index contributed by atoms with van der Waals surface area (Å²) in [7, 11) is 0. The molecule has 7 aromatic rings. The summed E-state index contributed by atoms with van der Waals surface area (Å²) < 4.78 is 0. The molecule has 626 valence electrons. The molecular formula is C80H102N18O17S2. The molecule has 7 heterocycles. The van der Waals surface area contributed by atoms with Crippen LogP contribution in [0.3, 0.4) is 0 Å². The molecule has 0 aliphatic carbocycles. The average molecular weight is 1650 g/mol. The van der Waals surface area contributed by atoms with E-state index in [1.807, 2.05) is 13.8 Å². The minimum atomic E-state index is -1.78. The summed E-state index contributed by atoms with van der Waals surface area (Å²) >= 11 is 2.27. The summed E-state index contributed by atoms with van der Waals surface area (Å²) in [4.78, 5) is 205. The van der Waals surface area contributed by atoms with Crippen molar-refractivity contribution < 1.29 is 82.8 Å². The second-order valence-electron chi connectivity index (χ2n) is 29.4. The predicted octanol–water partition coefficient (Wildman–Crippen LogP) is -0.000200. The van der Waals surface area contributed by atoms with Crippen molar-refractivity contribution in [2.24, 2.45) is 23.3 Å². The molecule has 13 atom stereocenters. The zero-order valence-electron chi connectivity index (χ0n) is 65.5. The van der Waals surface area contributed by atoms with Gasteiger partial charge in [-0.25, -0.2) is 9.78 Å². The van der Waals surface area contributed by atoms with E-state index >= 15 is 24.0 Å². The van der Waals surface area contributed by atoms with Gasteiger partial charge < -0.3 is 100 Å². The lowest BCUT2D eigenvalue weighted by Gasteiger charge is -2.28. The van der Waals surface area contributed by atoms with E-state index in [0.29, 0.717) is 50.1 Å². The van der Waals surface area contributed by atoms with Crippen LogP contribution in [-0.2, 0) is 99.5 Å². The van der Waals surface area contributed by atoms with Crippen LogP contribution in [-0.4, -0.2) is 219 Å². The maximum Gasteiger partial charge on any atom is 0.328 e. The molecule has 0 unspecified atom stereocenters. The monoisotopic (exact) mass is 1650 g/mol. The van der Waals surface area contributed by atoms with E-state index in [-0.39, 0.29) is 84.8 Å². The smallest absolute Gasteiger partial charge is 0.328 e. The highest BCUT2D eigenvalue weighted by Crippen LogP contribution is 2.24. The van der Waals surface area contributed by atoms with Gasteiger partial charge in [-0.15, -0.1) is 0 Å². The number of benzene rings is 3. The number of aliphatic hydroxyl groups is 2. The Morgan fingerprint density at radius 2 is 1.16 bits per heavy atom. The second kappa shape index (κ2) is 44.3. The maximum absolute atomic E-state index is 15.4. The number of nitrogens with one attached hydrogen (secondary N) is 13. The van der Waals surface area contributed by atoms with Gasteiger partial charge in [0.05, 0.1) is 42.2 Å². The molecule has 21 N–H and O–H groups in total. The van der Waals surface area contributed by atoms with Crippen LogP contribution in [0.15, 0.2) is 134 Å². The number of phenolic OH excluding ortho intramolecular Hbond substituents is 1. The Kier molecular flexibility index (Phi) is 34.4. The van der Waals surface area contributed by atoms with Gasteiger partial charge in [-0.05, 0) is 92.0 Å². The topological polar surface area (TPSA) is 557 Å². The highest BCUT2D eigenvalue weighted by molar-refractivity contribution is 7.98. The van der Waals surface area contributed by atoms with Crippen molar-refractivity contribution in [2.75, 3.05) is 18.1 Å². The van der Waals surface area contributed by atoms with Gasteiger partial charge in [0, 0.05) is 102 Å². The van der Waals surface area contributed by atoms with E-state index in [1.54, 1.807) is 111 Å². The Labute approximate surface area is 683 Å². The van der Waals surface area contributed by atoms with Gasteiger partial charge in [0.2, 0.25) is 70.9 Å². The van der Waals surface area contributed by atoms with Crippen LogP contribution < -0.4 is 70.0 Å². The minimum Gasteiger partial charge on any atom is -0.508 e. The van der Waals surface area contributed by atoms with Crippen molar-refractivity contribution in [2.45, 2.75) is 183 Å². The molecule has 3 aromatic carbocycles. The number of thioether (sulfide) groups is 2. The number of rotatable bonds is 26. The predicted molar refractivity (Wildman–Crippen MR) is 435 cm³/mol. The molecular weight excluding hydrogens is 1550 g/mol. The molecule has 0 fully saturated rings. The lowest BCUT2D eigenvalue weighted by Crippen LogP contribution is -2.62. The fraction of sp³-hybridized carbons (Fsp3) is 0.425. The molecule has 0 spiro atoms. The number of aromatic nitrogens is 5. The molecule has 3 aliphatic rings. The highest BCUT2D eigenvalue weighted by atomic mass is 32.2. The number of fused-ring (bicyclic) bond motifs is 3. The Hall–Kier alpha value is -11.8. The number of aliphatic carboxylic acids is 1. The van der Waals surface area contributed by atoms with E-state index < -0.39 is 175 Å². The van der Waals surface area contributed by atoms with Gasteiger partial charge in [0.1, 0.15) is 72.2 Å². The number of phenols is 1. The number of carbonyl (C=O) groups excluding carboxylic acids is 12. The summed E-state index contributed by atoms with van der Waals surface area (Å²) in [6.07, 6.45) is 4.22. The number of imidazole rings is 1. The third-order valence-corrected chi connectivity index (χ3v) is 21.0.